The zero-order valence-corrected chi connectivity index (χ0v) is 16.0. The van der Waals surface area contributed by atoms with Crippen molar-refractivity contribution in [3.8, 4) is 0 Å². The molecule has 0 unspecified atom stereocenters. The number of carbonyl (C=O) groups is 1. The van der Waals surface area contributed by atoms with Crippen LogP contribution in [-0.2, 0) is 21.6 Å². The molecule has 0 atom stereocenters. The van der Waals surface area contributed by atoms with Crippen molar-refractivity contribution in [1.82, 2.24) is 4.98 Å². The van der Waals surface area contributed by atoms with E-state index < -0.39 is 5.41 Å². The summed E-state index contributed by atoms with van der Waals surface area (Å²) < 4.78 is 5.19. The molecule has 1 aliphatic rings. The number of methoxy groups -OCH3 is 1. The van der Waals surface area contributed by atoms with Crippen LogP contribution in [0, 0.1) is 0 Å². The van der Waals surface area contributed by atoms with Gasteiger partial charge < -0.3 is 15.0 Å². The first-order chi connectivity index (χ1) is 13.1. The second-order valence-corrected chi connectivity index (χ2v) is 8.02. The van der Waals surface area contributed by atoms with Gasteiger partial charge in [-0.3, -0.25) is 9.59 Å². The number of fused-ring (bicyclic) bond motifs is 1. The number of aromatic nitrogens is 1. The van der Waals surface area contributed by atoms with Crippen molar-refractivity contribution in [2.75, 3.05) is 12.4 Å². The van der Waals surface area contributed by atoms with E-state index in [1.54, 1.807) is 24.5 Å². The molecule has 4 rings (SSSR count). The van der Waals surface area contributed by atoms with Gasteiger partial charge in [-0.2, -0.15) is 0 Å². The standard InChI is InChI=1S/C21H22N2O3S/c1-26-13-14-11-19(24)23-17-12-15(6-7-16(14)17)22-20(25)21(8-2-3-9-21)18-5-4-10-27-18/h4-7,10-12H,2-3,8-9,13H2,1H3,(H,22,25)(H,23,24). The van der Waals surface area contributed by atoms with Crippen LogP contribution in [0.3, 0.4) is 0 Å². The van der Waals surface area contributed by atoms with E-state index in [1.165, 1.54) is 0 Å². The van der Waals surface area contributed by atoms with Gasteiger partial charge in [-0.15, -0.1) is 11.3 Å². The maximum Gasteiger partial charge on any atom is 0.248 e. The predicted molar refractivity (Wildman–Crippen MR) is 108 cm³/mol. The molecule has 1 aromatic carbocycles. The van der Waals surface area contributed by atoms with Crippen molar-refractivity contribution in [2.24, 2.45) is 0 Å². The SMILES string of the molecule is COCc1cc(=O)[nH]c2cc(NC(=O)C3(c4cccs4)CCCC3)ccc12. The van der Waals surface area contributed by atoms with Gasteiger partial charge in [-0.25, -0.2) is 0 Å². The summed E-state index contributed by atoms with van der Waals surface area (Å²) in [4.78, 5) is 29.1. The molecule has 1 saturated carbocycles. The maximum absolute atomic E-state index is 13.2. The Kier molecular flexibility index (Phi) is 4.85. The van der Waals surface area contributed by atoms with Gasteiger partial charge in [0.15, 0.2) is 0 Å². The quantitative estimate of drug-likeness (QED) is 0.695. The number of ether oxygens (including phenoxy) is 1. The van der Waals surface area contributed by atoms with Crippen molar-refractivity contribution in [1.29, 1.82) is 0 Å². The Labute approximate surface area is 161 Å². The van der Waals surface area contributed by atoms with Crippen LogP contribution in [0.4, 0.5) is 5.69 Å². The fourth-order valence-corrected chi connectivity index (χ4v) is 5.03. The zero-order valence-electron chi connectivity index (χ0n) is 15.2. The summed E-state index contributed by atoms with van der Waals surface area (Å²) in [5.74, 6) is 0.0391. The molecule has 0 aliphatic heterocycles. The molecule has 140 valence electrons. The molecule has 0 spiro atoms. The van der Waals surface area contributed by atoms with Crippen LogP contribution in [0.5, 0.6) is 0 Å². The number of hydrogen-bond donors (Lipinski definition) is 2. The minimum Gasteiger partial charge on any atom is -0.380 e. The molecule has 0 bridgehead atoms. The molecule has 2 heterocycles. The lowest BCUT2D eigenvalue weighted by Crippen LogP contribution is -2.37. The topological polar surface area (TPSA) is 71.2 Å². The molecule has 3 aromatic rings. The molecule has 1 aliphatic carbocycles. The number of benzene rings is 1. The lowest BCUT2D eigenvalue weighted by atomic mass is 9.83. The van der Waals surface area contributed by atoms with Crippen molar-refractivity contribution in [2.45, 2.75) is 37.7 Å². The highest BCUT2D eigenvalue weighted by molar-refractivity contribution is 7.10. The fraction of sp³-hybridized carbons (Fsp3) is 0.333. The number of rotatable bonds is 5. The van der Waals surface area contributed by atoms with Gasteiger partial charge in [0.2, 0.25) is 11.5 Å². The summed E-state index contributed by atoms with van der Waals surface area (Å²) in [5.41, 5.74) is 1.61. The van der Waals surface area contributed by atoms with Gasteiger partial charge in [0.05, 0.1) is 17.5 Å². The Morgan fingerprint density at radius 2 is 2.07 bits per heavy atom. The molecular weight excluding hydrogens is 360 g/mol. The van der Waals surface area contributed by atoms with Crippen molar-refractivity contribution in [3.05, 3.63) is 62.6 Å². The lowest BCUT2D eigenvalue weighted by Gasteiger charge is -2.26. The van der Waals surface area contributed by atoms with Crippen molar-refractivity contribution >= 4 is 33.8 Å². The lowest BCUT2D eigenvalue weighted by molar-refractivity contribution is -0.121. The molecule has 27 heavy (non-hydrogen) atoms. The van der Waals surface area contributed by atoms with Crippen LogP contribution >= 0.6 is 11.3 Å². The van der Waals surface area contributed by atoms with Gasteiger partial charge in [0.25, 0.3) is 0 Å². The van der Waals surface area contributed by atoms with Gasteiger partial charge >= 0.3 is 0 Å². The third-order valence-electron chi connectivity index (χ3n) is 5.37. The smallest absolute Gasteiger partial charge is 0.248 e. The van der Waals surface area contributed by atoms with E-state index in [-0.39, 0.29) is 11.5 Å². The highest BCUT2D eigenvalue weighted by Gasteiger charge is 2.43. The largest absolute Gasteiger partial charge is 0.380 e. The average Bonchev–Trinajstić information content (AvgIpc) is 3.34. The zero-order chi connectivity index (χ0) is 18.9. The number of amides is 1. The Balaban J connectivity index is 1.67. The van der Waals surface area contributed by atoms with E-state index in [0.717, 1.165) is 41.5 Å². The first-order valence-electron chi connectivity index (χ1n) is 9.13. The second kappa shape index (κ2) is 7.29. The number of pyridine rings is 1. The summed E-state index contributed by atoms with van der Waals surface area (Å²) in [6.45, 7) is 0.369. The minimum atomic E-state index is -0.436. The normalized spacial score (nSPS) is 15.9. The van der Waals surface area contributed by atoms with E-state index in [2.05, 4.69) is 16.4 Å². The summed E-state index contributed by atoms with van der Waals surface area (Å²) in [5, 5.41) is 6.04. The summed E-state index contributed by atoms with van der Waals surface area (Å²) in [6.07, 6.45) is 3.89. The molecule has 6 heteroatoms. The molecule has 2 N–H and O–H groups in total. The predicted octanol–water partition coefficient (Wildman–Crippen LogP) is 4.19. The van der Waals surface area contributed by atoms with E-state index in [1.807, 2.05) is 29.6 Å². The Bertz CT molecular complexity index is 1020. The molecule has 2 aromatic heterocycles. The van der Waals surface area contributed by atoms with E-state index >= 15 is 0 Å². The highest BCUT2D eigenvalue weighted by atomic mass is 32.1. The monoisotopic (exact) mass is 382 g/mol. The van der Waals surface area contributed by atoms with Gasteiger partial charge in [0, 0.05) is 29.1 Å². The Hall–Kier alpha value is -2.44. The number of hydrogen-bond acceptors (Lipinski definition) is 4. The maximum atomic E-state index is 13.2. The van der Waals surface area contributed by atoms with Crippen LogP contribution in [0.25, 0.3) is 10.9 Å². The molecule has 0 radical (unpaired) electrons. The minimum absolute atomic E-state index is 0.0391. The Morgan fingerprint density at radius 3 is 2.78 bits per heavy atom. The van der Waals surface area contributed by atoms with Crippen LogP contribution in [0.1, 0.15) is 36.1 Å². The van der Waals surface area contributed by atoms with E-state index in [0.29, 0.717) is 17.8 Å². The molecule has 0 saturated heterocycles. The van der Waals surface area contributed by atoms with Crippen LogP contribution in [-0.4, -0.2) is 18.0 Å². The van der Waals surface area contributed by atoms with Crippen molar-refractivity contribution in [3.63, 3.8) is 0 Å². The van der Waals surface area contributed by atoms with Crippen LogP contribution < -0.4 is 10.9 Å². The van der Waals surface area contributed by atoms with Crippen molar-refractivity contribution < 1.29 is 9.53 Å². The fourth-order valence-electron chi connectivity index (χ4n) is 4.05. The first kappa shape index (κ1) is 17.9. The molecule has 5 nitrogen and oxygen atoms in total. The second-order valence-electron chi connectivity index (χ2n) is 7.07. The summed E-state index contributed by atoms with van der Waals surface area (Å²) in [6, 6.07) is 11.2. The highest BCUT2D eigenvalue weighted by Crippen LogP contribution is 2.44. The first-order valence-corrected chi connectivity index (χ1v) is 10.0. The van der Waals surface area contributed by atoms with Crippen LogP contribution in [0.15, 0.2) is 46.6 Å². The molecular formula is C21H22N2O3S. The van der Waals surface area contributed by atoms with Crippen LogP contribution in [0.2, 0.25) is 0 Å². The van der Waals surface area contributed by atoms with E-state index in [4.69, 9.17) is 4.74 Å². The number of carbonyl (C=O) groups excluding carboxylic acids is 1. The van der Waals surface area contributed by atoms with Gasteiger partial charge in [0.1, 0.15) is 0 Å². The number of thiophene rings is 1. The van der Waals surface area contributed by atoms with Gasteiger partial charge in [-0.05, 0) is 42.0 Å². The Morgan fingerprint density at radius 1 is 1.26 bits per heavy atom. The molecule has 1 amide bonds. The third-order valence-corrected chi connectivity index (χ3v) is 6.44. The summed E-state index contributed by atoms with van der Waals surface area (Å²) in [7, 11) is 1.60. The van der Waals surface area contributed by atoms with E-state index in [9.17, 15) is 9.59 Å². The van der Waals surface area contributed by atoms with Gasteiger partial charge in [-0.1, -0.05) is 25.0 Å². The summed E-state index contributed by atoms with van der Waals surface area (Å²) >= 11 is 1.65. The number of nitrogens with one attached hydrogen (secondary N) is 2. The average molecular weight is 382 g/mol. The third kappa shape index (κ3) is 3.31. The number of anilines is 1. The number of H-pyrrole nitrogens is 1. The molecule has 1 fully saturated rings. The number of aromatic amines is 1.